The predicted octanol–water partition coefficient (Wildman–Crippen LogP) is 3.28. The van der Waals surface area contributed by atoms with Crippen molar-refractivity contribution in [3.63, 3.8) is 0 Å². The molecule has 0 amide bonds. The average Bonchev–Trinajstić information content (AvgIpc) is 3.35. The Kier molecular flexibility index (Phi) is 5.46. The molecule has 0 heterocycles. The lowest BCUT2D eigenvalue weighted by molar-refractivity contribution is 0.274. The molecule has 0 aliphatic heterocycles. The van der Waals surface area contributed by atoms with Crippen LogP contribution in [0, 0.1) is 11.3 Å². The minimum absolute atomic E-state index is 0.384. The van der Waals surface area contributed by atoms with Gasteiger partial charge in [-0.05, 0) is 56.4 Å². The van der Waals surface area contributed by atoms with E-state index in [1.54, 1.807) is 7.11 Å². The van der Waals surface area contributed by atoms with Gasteiger partial charge in [0.15, 0.2) is 0 Å². The van der Waals surface area contributed by atoms with E-state index in [1.165, 1.54) is 12.8 Å². The fourth-order valence-electron chi connectivity index (χ4n) is 2.37. The Balaban J connectivity index is 1.75. The maximum atomic E-state index is 9.46. The summed E-state index contributed by atoms with van der Waals surface area (Å²) in [5.74, 6) is 1.66. The first-order valence-corrected chi connectivity index (χ1v) is 7.67. The Labute approximate surface area is 127 Å². The topological polar surface area (TPSA) is 54.3 Å². The summed E-state index contributed by atoms with van der Waals surface area (Å²) in [6.07, 6.45) is 4.93. The molecular formula is C17H24N2O2. The number of nitrogens with zero attached hydrogens (tertiary/aromatic N) is 1. The van der Waals surface area contributed by atoms with Crippen LogP contribution in [-0.2, 0) is 0 Å². The summed E-state index contributed by atoms with van der Waals surface area (Å²) in [5, 5.41) is 12.9. The van der Waals surface area contributed by atoms with Gasteiger partial charge in [-0.3, -0.25) is 5.32 Å². The summed E-state index contributed by atoms with van der Waals surface area (Å²) in [4.78, 5) is 0. The number of methoxy groups -OCH3 is 1. The van der Waals surface area contributed by atoms with Gasteiger partial charge in [0.2, 0.25) is 0 Å². The molecule has 0 bridgehead atoms. The number of nitriles is 1. The Hall–Kier alpha value is -1.73. The molecule has 114 valence electrons. The fraction of sp³-hybridized carbons (Fsp3) is 0.588. The highest BCUT2D eigenvalue weighted by molar-refractivity contribution is 5.31. The number of hydrogen-bond acceptors (Lipinski definition) is 4. The second-order valence-corrected chi connectivity index (χ2v) is 5.59. The van der Waals surface area contributed by atoms with Crippen LogP contribution < -0.4 is 14.8 Å². The van der Waals surface area contributed by atoms with Crippen LogP contribution >= 0.6 is 0 Å². The lowest BCUT2D eigenvalue weighted by atomic mass is 9.92. The maximum Gasteiger partial charge on any atom is 0.119 e. The summed E-state index contributed by atoms with van der Waals surface area (Å²) in [5.41, 5.74) is -0.384. The summed E-state index contributed by atoms with van der Waals surface area (Å²) in [7, 11) is 1.65. The lowest BCUT2D eigenvalue weighted by Crippen LogP contribution is -2.44. The molecule has 0 radical (unpaired) electrons. The Morgan fingerprint density at radius 3 is 2.48 bits per heavy atom. The van der Waals surface area contributed by atoms with Crippen molar-refractivity contribution in [3.8, 4) is 17.6 Å². The maximum absolute atomic E-state index is 9.46. The smallest absolute Gasteiger partial charge is 0.119 e. The number of benzene rings is 1. The standard InChI is InChI=1S/C17H24N2O2/c1-3-17(13-18,19-14-5-6-14)11-4-12-21-16-9-7-15(20-2)8-10-16/h7-10,14,19H,3-6,11-12H2,1-2H3. The summed E-state index contributed by atoms with van der Waals surface area (Å²) in [6, 6.07) is 10.6. The van der Waals surface area contributed by atoms with Crippen molar-refractivity contribution in [2.75, 3.05) is 13.7 Å². The van der Waals surface area contributed by atoms with Crippen molar-refractivity contribution < 1.29 is 9.47 Å². The zero-order chi connectivity index (χ0) is 15.1. The van der Waals surface area contributed by atoms with Gasteiger partial charge in [-0.2, -0.15) is 5.26 Å². The third kappa shape index (κ3) is 4.64. The molecule has 4 heteroatoms. The number of rotatable bonds is 9. The second-order valence-electron chi connectivity index (χ2n) is 5.59. The van der Waals surface area contributed by atoms with Gasteiger partial charge in [0.05, 0.1) is 19.8 Å². The molecule has 1 N–H and O–H groups in total. The van der Waals surface area contributed by atoms with Crippen LogP contribution in [0.2, 0.25) is 0 Å². The van der Waals surface area contributed by atoms with E-state index in [9.17, 15) is 5.26 Å². The third-order valence-electron chi connectivity index (χ3n) is 3.95. The predicted molar refractivity (Wildman–Crippen MR) is 82.5 cm³/mol. The molecule has 1 atom stereocenters. The Morgan fingerprint density at radius 1 is 1.29 bits per heavy atom. The first kappa shape index (κ1) is 15.7. The molecule has 2 rings (SSSR count). The van der Waals surface area contributed by atoms with Crippen molar-refractivity contribution in [2.24, 2.45) is 0 Å². The number of ether oxygens (including phenoxy) is 2. The molecule has 0 saturated heterocycles. The third-order valence-corrected chi connectivity index (χ3v) is 3.95. The van der Waals surface area contributed by atoms with Gasteiger partial charge in [-0.15, -0.1) is 0 Å². The summed E-state index contributed by atoms with van der Waals surface area (Å²) in [6.45, 7) is 2.70. The molecule has 1 aliphatic carbocycles. The molecule has 1 aromatic carbocycles. The molecule has 0 spiro atoms. The van der Waals surface area contributed by atoms with Crippen molar-refractivity contribution >= 4 is 0 Å². The zero-order valence-corrected chi connectivity index (χ0v) is 12.9. The Bertz CT molecular complexity index is 477. The van der Waals surface area contributed by atoms with E-state index in [1.807, 2.05) is 24.3 Å². The molecule has 1 aliphatic rings. The molecule has 1 saturated carbocycles. The fourth-order valence-corrected chi connectivity index (χ4v) is 2.37. The van der Waals surface area contributed by atoms with E-state index in [-0.39, 0.29) is 5.54 Å². The first-order valence-electron chi connectivity index (χ1n) is 7.67. The van der Waals surface area contributed by atoms with Crippen molar-refractivity contribution in [1.29, 1.82) is 5.26 Å². The van der Waals surface area contributed by atoms with Crippen molar-refractivity contribution in [3.05, 3.63) is 24.3 Å². The van der Waals surface area contributed by atoms with Gasteiger partial charge in [0.1, 0.15) is 17.0 Å². The van der Waals surface area contributed by atoms with Gasteiger partial charge < -0.3 is 9.47 Å². The number of nitrogens with one attached hydrogen (secondary N) is 1. The van der Waals surface area contributed by atoms with Crippen molar-refractivity contribution in [2.45, 2.75) is 50.6 Å². The van der Waals surface area contributed by atoms with Crippen LogP contribution in [0.1, 0.15) is 39.0 Å². The molecule has 1 aromatic rings. The van der Waals surface area contributed by atoms with Crippen LogP contribution in [-0.4, -0.2) is 25.3 Å². The largest absolute Gasteiger partial charge is 0.497 e. The van der Waals surface area contributed by atoms with Gasteiger partial charge in [-0.25, -0.2) is 0 Å². The van der Waals surface area contributed by atoms with Crippen LogP contribution in [0.4, 0.5) is 0 Å². The van der Waals surface area contributed by atoms with Crippen LogP contribution in [0.25, 0.3) is 0 Å². The van der Waals surface area contributed by atoms with E-state index in [0.717, 1.165) is 30.8 Å². The quantitative estimate of drug-likeness (QED) is 0.709. The van der Waals surface area contributed by atoms with Crippen LogP contribution in [0.15, 0.2) is 24.3 Å². The van der Waals surface area contributed by atoms with E-state index < -0.39 is 0 Å². The SMILES string of the molecule is CCC(C#N)(CCCOc1ccc(OC)cc1)NC1CC1. The van der Waals surface area contributed by atoms with Crippen LogP contribution in [0.3, 0.4) is 0 Å². The Morgan fingerprint density at radius 2 is 1.95 bits per heavy atom. The lowest BCUT2D eigenvalue weighted by Gasteiger charge is -2.26. The number of hydrogen-bond donors (Lipinski definition) is 1. The highest BCUT2D eigenvalue weighted by atomic mass is 16.5. The minimum atomic E-state index is -0.384. The summed E-state index contributed by atoms with van der Waals surface area (Å²) < 4.78 is 10.8. The van der Waals surface area contributed by atoms with Crippen molar-refractivity contribution in [1.82, 2.24) is 5.32 Å². The first-order chi connectivity index (χ1) is 10.2. The van der Waals surface area contributed by atoms with E-state index in [2.05, 4.69) is 18.3 Å². The summed E-state index contributed by atoms with van der Waals surface area (Å²) >= 11 is 0. The second kappa shape index (κ2) is 7.33. The van der Waals surface area contributed by atoms with E-state index in [4.69, 9.17) is 9.47 Å². The van der Waals surface area contributed by atoms with Gasteiger partial charge in [0.25, 0.3) is 0 Å². The molecule has 21 heavy (non-hydrogen) atoms. The average molecular weight is 288 g/mol. The van der Waals surface area contributed by atoms with Crippen LogP contribution in [0.5, 0.6) is 11.5 Å². The highest BCUT2D eigenvalue weighted by Crippen LogP contribution is 2.26. The monoisotopic (exact) mass is 288 g/mol. The molecule has 0 aromatic heterocycles. The molecule has 4 nitrogen and oxygen atoms in total. The minimum Gasteiger partial charge on any atom is -0.497 e. The van der Waals surface area contributed by atoms with E-state index >= 15 is 0 Å². The van der Waals surface area contributed by atoms with E-state index in [0.29, 0.717) is 12.6 Å². The molecular weight excluding hydrogens is 264 g/mol. The molecule has 1 unspecified atom stereocenters. The highest BCUT2D eigenvalue weighted by Gasteiger charge is 2.34. The normalized spacial score (nSPS) is 16.8. The van der Waals surface area contributed by atoms with Gasteiger partial charge in [-0.1, -0.05) is 6.92 Å². The molecule has 1 fully saturated rings. The van der Waals surface area contributed by atoms with Gasteiger partial charge >= 0.3 is 0 Å². The van der Waals surface area contributed by atoms with Gasteiger partial charge in [0, 0.05) is 6.04 Å². The zero-order valence-electron chi connectivity index (χ0n) is 12.9.